The van der Waals surface area contributed by atoms with Gasteiger partial charge in [-0.2, -0.15) is 18.2 Å². The van der Waals surface area contributed by atoms with Crippen molar-refractivity contribution >= 4 is 11.6 Å². The van der Waals surface area contributed by atoms with Crippen molar-refractivity contribution in [1.29, 1.82) is 0 Å². The fourth-order valence-electron chi connectivity index (χ4n) is 2.99. The van der Waals surface area contributed by atoms with Crippen LogP contribution in [0.3, 0.4) is 0 Å². The van der Waals surface area contributed by atoms with E-state index in [1.54, 1.807) is 24.5 Å². The van der Waals surface area contributed by atoms with Crippen LogP contribution in [0.2, 0.25) is 0 Å². The highest BCUT2D eigenvalue weighted by Gasteiger charge is 2.37. The summed E-state index contributed by atoms with van der Waals surface area (Å²) in [6.45, 7) is 0.175. The maximum atomic E-state index is 12.9. The highest BCUT2D eigenvalue weighted by atomic mass is 19.4. The molecule has 3 heterocycles. The summed E-state index contributed by atoms with van der Waals surface area (Å²) in [6, 6.07) is 8.21. The standard InChI is InChI=1S/C18H13F3N4O2/c19-18(20,21)13-4-1-5-14(8-13)25-10-12(7-15(25)26)17-23-16(24-27-17)11-3-2-6-22-9-11/h1-6,8-9,12H,7,10H2. The number of rotatable bonds is 3. The van der Waals surface area contributed by atoms with Crippen LogP contribution in [0.1, 0.15) is 23.8 Å². The normalized spacial score (nSPS) is 17.5. The summed E-state index contributed by atoms with van der Waals surface area (Å²) in [5, 5.41) is 3.90. The van der Waals surface area contributed by atoms with Gasteiger partial charge in [-0.3, -0.25) is 9.78 Å². The van der Waals surface area contributed by atoms with Crippen LogP contribution < -0.4 is 4.90 Å². The molecule has 1 aromatic carbocycles. The molecule has 6 nitrogen and oxygen atoms in total. The zero-order chi connectivity index (χ0) is 19.0. The molecule has 1 fully saturated rings. The van der Waals surface area contributed by atoms with E-state index in [0.29, 0.717) is 11.4 Å². The number of benzene rings is 1. The predicted molar refractivity (Wildman–Crippen MR) is 88.7 cm³/mol. The van der Waals surface area contributed by atoms with Crippen LogP contribution in [-0.4, -0.2) is 27.6 Å². The average Bonchev–Trinajstić information content (AvgIpc) is 3.29. The van der Waals surface area contributed by atoms with Crippen molar-refractivity contribution in [1.82, 2.24) is 15.1 Å². The quantitative estimate of drug-likeness (QED) is 0.699. The van der Waals surface area contributed by atoms with Gasteiger partial charge in [-0.05, 0) is 30.3 Å². The molecule has 27 heavy (non-hydrogen) atoms. The lowest BCUT2D eigenvalue weighted by atomic mass is 10.1. The van der Waals surface area contributed by atoms with Crippen LogP contribution in [0.4, 0.5) is 18.9 Å². The number of hydrogen-bond acceptors (Lipinski definition) is 5. The number of pyridine rings is 1. The Hall–Kier alpha value is -3.23. The molecule has 1 atom stereocenters. The minimum atomic E-state index is -4.47. The van der Waals surface area contributed by atoms with Gasteiger partial charge in [0.1, 0.15) is 0 Å². The molecular weight excluding hydrogens is 361 g/mol. The summed E-state index contributed by atoms with van der Waals surface area (Å²) in [6.07, 6.45) is -1.18. The Labute approximate surface area is 151 Å². The molecule has 1 aliphatic rings. The first-order chi connectivity index (χ1) is 12.9. The van der Waals surface area contributed by atoms with Crippen LogP contribution >= 0.6 is 0 Å². The van der Waals surface area contributed by atoms with E-state index in [9.17, 15) is 18.0 Å². The first-order valence-corrected chi connectivity index (χ1v) is 8.13. The van der Waals surface area contributed by atoms with E-state index in [1.165, 1.54) is 17.0 Å². The lowest BCUT2D eigenvalue weighted by molar-refractivity contribution is -0.137. The van der Waals surface area contributed by atoms with E-state index in [1.807, 2.05) is 0 Å². The van der Waals surface area contributed by atoms with Gasteiger partial charge in [0.15, 0.2) is 0 Å². The summed E-state index contributed by atoms with van der Waals surface area (Å²) < 4.78 is 44.0. The Morgan fingerprint density at radius 3 is 2.78 bits per heavy atom. The van der Waals surface area contributed by atoms with Crippen molar-refractivity contribution in [2.45, 2.75) is 18.5 Å². The van der Waals surface area contributed by atoms with Gasteiger partial charge in [0.25, 0.3) is 0 Å². The number of carbonyl (C=O) groups excluding carboxylic acids is 1. The summed E-state index contributed by atoms with van der Waals surface area (Å²) in [5.74, 6) is -0.0508. The summed E-state index contributed by atoms with van der Waals surface area (Å²) in [5.41, 5.74) is 0.0729. The molecule has 9 heteroatoms. The topological polar surface area (TPSA) is 72.1 Å². The van der Waals surface area contributed by atoms with Crippen LogP contribution in [0, 0.1) is 0 Å². The molecule has 3 aromatic rings. The van der Waals surface area contributed by atoms with Crippen molar-refractivity contribution in [3.8, 4) is 11.4 Å². The summed E-state index contributed by atoms with van der Waals surface area (Å²) >= 11 is 0. The minimum absolute atomic E-state index is 0.0882. The molecule has 0 spiro atoms. The largest absolute Gasteiger partial charge is 0.416 e. The number of anilines is 1. The van der Waals surface area contributed by atoms with Crippen LogP contribution in [0.15, 0.2) is 53.3 Å². The molecule has 1 saturated heterocycles. The second-order valence-corrected chi connectivity index (χ2v) is 6.15. The van der Waals surface area contributed by atoms with Crippen molar-refractivity contribution in [2.75, 3.05) is 11.4 Å². The molecule has 0 aliphatic carbocycles. The van der Waals surface area contributed by atoms with Crippen molar-refractivity contribution in [2.24, 2.45) is 0 Å². The maximum Gasteiger partial charge on any atom is 0.416 e. The van der Waals surface area contributed by atoms with Gasteiger partial charge in [0.2, 0.25) is 17.6 Å². The molecule has 1 aliphatic heterocycles. The second-order valence-electron chi connectivity index (χ2n) is 6.15. The molecule has 0 saturated carbocycles. The van der Waals surface area contributed by atoms with Crippen LogP contribution in [0.5, 0.6) is 0 Å². The minimum Gasteiger partial charge on any atom is -0.339 e. The Bertz CT molecular complexity index is 972. The molecule has 4 rings (SSSR count). The van der Waals surface area contributed by atoms with Crippen LogP contribution in [0.25, 0.3) is 11.4 Å². The Kier molecular flexibility index (Phi) is 4.14. The molecule has 2 aromatic heterocycles. The van der Waals surface area contributed by atoms with Gasteiger partial charge in [0, 0.05) is 36.6 Å². The number of carbonyl (C=O) groups is 1. The van der Waals surface area contributed by atoms with Crippen LogP contribution in [-0.2, 0) is 11.0 Å². The van der Waals surface area contributed by atoms with Gasteiger partial charge in [0.05, 0.1) is 11.5 Å². The zero-order valence-corrected chi connectivity index (χ0v) is 13.8. The van der Waals surface area contributed by atoms with E-state index in [-0.39, 0.29) is 36.4 Å². The first kappa shape index (κ1) is 17.2. The van der Waals surface area contributed by atoms with E-state index in [0.717, 1.165) is 12.1 Å². The SMILES string of the molecule is O=C1CC(c2nc(-c3cccnc3)no2)CN1c1cccc(C(F)(F)F)c1. The smallest absolute Gasteiger partial charge is 0.339 e. The molecule has 0 N–H and O–H groups in total. The molecule has 1 amide bonds. The molecule has 0 radical (unpaired) electrons. The highest BCUT2D eigenvalue weighted by Crippen LogP contribution is 2.35. The van der Waals surface area contributed by atoms with Gasteiger partial charge >= 0.3 is 6.18 Å². The number of amides is 1. The van der Waals surface area contributed by atoms with Gasteiger partial charge in [-0.1, -0.05) is 11.2 Å². The van der Waals surface area contributed by atoms with E-state index in [4.69, 9.17) is 4.52 Å². The number of hydrogen-bond donors (Lipinski definition) is 0. The van der Waals surface area contributed by atoms with Gasteiger partial charge < -0.3 is 9.42 Å². The second kappa shape index (κ2) is 6.49. The molecular formula is C18H13F3N4O2. The number of alkyl halides is 3. The van der Waals surface area contributed by atoms with Gasteiger partial charge in [-0.25, -0.2) is 0 Å². The van der Waals surface area contributed by atoms with E-state index >= 15 is 0 Å². The van der Waals surface area contributed by atoms with Crippen molar-refractivity contribution in [3.05, 3.63) is 60.2 Å². The Morgan fingerprint density at radius 1 is 1.19 bits per heavy atom. The highest BCUT2D eigenvalue weighted by molar-refractivity contribution is 5.96. The zero-order valence-electron chi connectivity index (χ0n) is 13.8. The van der Waals surface area contributed by atoms with E-state index < -0.39 is 11.7 Å². The third kappa shape index (κ3) is 3.40. The first-order valence-electron chi connectivity index (χ1n) is 8.13. The Balaban J connectivity index is 1.56. The molecule has 138 valence electrons. The third-order valence-corrected chi connectivity index (χ3v) is 4.32. The number of aromatic nitrogens is 3. The van der Waals surface area contributed by atoms with Crippen molar-refractivity contribution < 1.29 is 22.5 Å². The maximum absolute atomic E-state index is 12.9. The lowest BCUT2D eigenvalue weighted by Crippen LogP contribution is -2.24. The lowest BCUT2D eigenvalue weighted by Gasteiger charge is -2.17. The number of halogens is 3. The Morgan fingerprint density at radius 2 is 2.04 bits per heavy atom. The van der Waals surface area contributed by atoms with Gasteiger partial charge in [-0.15, -0.1) is 0 Å². The predicted octanol–water partition coefficient (Wildman–Crippen LogP) is 3.67. The summed E-state index contributed by atoms with van der Waals surface area (Å²) in [7, 11) is 0. The number of nitrogens with zero attached hydrogens (tertiary/aromatic N) is 4. The summed E-state index contributed by atoms with van der Waals surface area (Å²) in [4.78, 5) is 21.9. The monoisotopic (exact) mass is 374 g/mol. The fourth-order valence-corrected chi connectivity index (χ4v) is 2.99. The third-order valence-electron chi connectivity index (χ3n) is 4.32. The fraction of sp³-hybridized carbons (Fsp3) is 0.222. The van der Waals surface area contributed by atoms with E-state index in [2.05, 4.69) is 15.1 Å². The molecule has 1 unspecified atom stereocenters. The van der Waals surface area contributed by atoms with Crippen molar-refractivity contribution in [3.63, 3.8) is 0 Å². The average molecular weight is 374 g/mol. The molecule has 0 bridgehead atoms.